The van der Waals surface area contributed by atoms with E-state index in [1.807, 2.05) is 19.1 Å². The van der Waals surface area contributed by atoms with E-state index in [0.717, 1.165) is 60.3 Å². The molecule has 4 N–H and O–H groups in total. The zero-order chi connectivity index (χ0) is 29.4. The number of fused-ring (bicyclic) bond motifs is 1. The molecule has 0 aliphatic carbocycles. The predicted molar refractivity (Wildman–Crippen MR) is 158 cm³/mol. The molecule has 7 heteroatoms. The van der Waals surface area contributed by atoms with E-state index in [2.05, 4.69) is 34.6 Å². The molecule has 1 saturated heterocycles. The van der Waals surface area contributed by atoms with Crippen LogP contribution in [0.3, 0.4) is 0 Å². The summed E-state index contributed by atoms with van der Waals surface area (Å²) in [5, 5.41) is 39.9. The second-order valence-electron chi connectivity index (χ2n) is 13.5. The van der Waals surface area contributed by atoms with Crippen molar-refractivity contribution in [1.82, 2.24) is 0 Å². The Morgan fingerprint density at radius 2 is 1.52 bits per heavy atom. The van der Waals surface area contributed by atoms with Crippen LogP contribution in [-0.4, -0.2) is 63.3 Å². The Kier molecular flexibility index (Phi) is 12.6. The number of aryl methyl sites for hydroxylation is 2. The van der Waals surface area contributed by atoms with Gasteiger partial charge in [0.1, 0.15) is 41.5 Å². The van der Waals surface area contributed by atoms with Gasteiger partial charge in [0, 0.05) is 0 Å². The molecule has 0 bridgehead atoms. The Morgan fingerprint density at radius 3 is 2.15 bits per heavy atom. The van der Waals surface area contributed by atoms with Gasteiger partial charge in [-0.1, -0.05) is 72.6 Å². The minimum Gasteiger partial charge on any atom is -0.487 e. The number of hydrogen-bond donors (Lipinski definition) is 4. The average Bonchev–Trinajstić information content (AvgIpc) is 2.89. The van der Waals surface area contributed by atoms with Crippen molar-refractivity contribution in [2.24, 2.45) is 17.8 Å². The molecule has 0 saturated carbocycles. The van der Waals surface area contributed by atoms with Crippen molar-refractivity contribution >= 4 is 0 Å². The Hall–Kier alpha value is -1.38. The third-order valence-corrected chi connectivity index (χ3v) is 8.97. The second-order valence-corrected chi connectivity index (χ2v) is 13.5. The third-order valence-electron chi connectivity index (χ3n) is 8.97. The van der Waals surface area contributed by atoms with E-state index in [4.69, 9.17) is 14.2 Å². The van der Waals surface area contributed by atoms with Gasteiger partial charge in [0.15, 0.2) is 0 Å². The van der Waals surface area contributed by atoms with Gasteiger partial charge in [0.2, 0.25) is 6.29 Å². The number of aliphatic hydroxyl groups is 4. The van der Waals surface area contributed by atoms with Gasteiger partial charge in [-0.15, -0.1) is 0 Å². The SMILES string of the molecule is Cc1cc(O[C@@H]2OC(CO)[C@@H](O)C(O)C2O)cc2c1O[C@](C)(CCC[C@H](C)CCC[C@H](C)CCCC(C)C)CC2. The lowest BCUT2D eigenvalue weighted by Gasteiger charge is -2.40. The Bertz CT molecular complexity index is 903. The molecule has 2 aliphatic rings. The van der Waals surface area contributed by atoms with E-state index < -0.39 is 37.3 Å². The van der Waals surface area contributed by atoms with Crippen LogP contribution in [0.1, 0.15) is 110 Å². The van der Waals surface area contributed by atoms with Crippen molar-refractivity contribution in [3.05, 3.63) is 23.3 Å². The Morgan fingerprint density at radius 1 is 0.900 bits per heavy atom. The van der Waals surface area contributed by atoms with Crippen molar-refractivity contribution in [2.75, 3.05) is 6.61 Å². The molecular weight excluding hydrogens is 508 g/mol. The number of hydrogen-bond acceptors (Lipinski definition) is 7. The van der Waals surface area contributed by atoms with E-state index in [1.165, 1.54) is 44.9 Å². The van der Waals surface area contributed by atoms with Crippen LogP contribution >= 0.6 is 0 Å². The number of rotatable bonds is 15. The summed E-state index contributed by atoms with van der Waals surface area (Å²) in [5.41, 5.74) is 1.80. The highest BCUT2D eigenvalue weighted by atomic mass is 16.7. The number of aliphatic hydroxyl groups excluding tert-OH is 4. The van der Waals surface area contributed by atoms with Gasteiger partial charge < -0.3 is 34.6 Å². The van der Waals surface area contributed by atoms with Gasteiger partial charge in [-0.25, -0.2) is 0 Å². The quantitative estimate of drug-likeness (QED) is 0.217. The van der Waals surface area contributed by atoms with Crippen molar-refractivity contribution in [3.8, 4) is 11.5 Å². The van der Waals surface area contributed by atoms with E-state index in [9.17, 15) is 20.4 Å². The lowest BCUT2D eigenvalue weighted by atomic mass is 9.85. The second kappa shape index (κ2) is 15.2. The summed E-state index contributed by atoms with van der Waals surface area (Å²) in [6.45, 7) is 13.1. The third kappa shape index (κ3) is 9.32. The molecule has 1 aromatic rings. The van der Waals surface area contributed by atoms with Gasteiger partial charge in [0.05, 0.1) is 6.61 Å². The van der Waals surface area contributed by atoms with Gasteiger partial charge in [0.25, 0.3) is 0 Å². The topological polar surface area (TPSA) is 109 Å². The summed E-state index contributed by atoms with van der Waals surface area (Å²) in [5.74, 6) is 3.79. The first-order chi connectivity index (χ1) is 18.9. The van der Waals surface area contributed by atoms with Crippen LogP contribution in [0.4, 0.5) is 0 Å². The average molecular weight is 565 g/mol. The van der Waals surface area contributed by atoms with E-state index in [0.29, 0.717) is 5.75 Å². The molecule has 1 aromatic carbocycles. The molecule has 40 heavy (non-hydrogen) atoms. The highest BCUT2D eigenvalue weighted by Crippen LogP contribution is 2.41. The van der Waals surface area contributed by atoms with Gasteiger partial charge in [-0.05, 0) is 80.5 Å². The highest BCUT2D eigenvalue weighted by molar-refractivity contribution is 5.48. The van der Waals surface area contributed by atoms with Crippen molar-refractivity contribution in [3.63, 3.8) is 0 Å². The largest absolute Gasteiger partial charge is 0.487 e. The predicted octanol–water partition coefficient (Wildman–Crippen LogP) is 5.70. The van der Waals surface area contributed by atoms with Gasteiger partial charge in [-0.3, -0.25) is 0 Å². The summed E-state index contributed by atoms with van der Waals surface area (Å²) < 4.78 is 18.0. The van der Waals surface area contributed by atoms with Crippen LogP contribution < -0.4 is 9.47 Å². The summed E-state index contributed by atoms with van der Waals surface area (Å²) in [7, 11) is 0. The molecule has 0 aromatic heterocycles. The molecule has 0 radical (unpaired) electrons. The van der Waals surface area contributed by atoms with Crippen molar-refractivity contribution in [2.45, 2.75) is 148 Å². The molecule has 2 heterocycles. The van der Waals surface area contributed by atoms with Crippen LogP contribution in [0.15, 0.2) is 12.1 Å². The summed E-state index contributed by atoms with van der Waals surface area (Å²) >= 11 is 0. The normalized spacial score (nSPS) is 30.0. The first-order valence-electron chi connectivity index (χ1n) is 15.7. The first kappa shape index (κ1) is 33.1. The molecule has 7 nitrogen and oxygen atoms in total. The van der Waals surface area contributed by atoms with Crippen molar-refractivity contribution < 1.29 is 34.6 Å². The molecular formula is C33H56O7. The zero-order valence-corrected chi connectivity index (χ0v) is 25.8. The summed E-state index contributed by atoms with van der Waals surface area (Å²) in [6.07, 6.45) is 6.77. The molecule has 8 atom stereocenters. The van der Waals surface area contributed by atoms with E-state index in [1.54, 1.807) is 0 Å². The molecule has 0 spiro atoms. The van der Waals surface area contributed by atoms with Crippen LogP contribution in [0.2, 0.25) is 0 Å². The fourth-order valence-electron chi connectivity index (χ4n) is 6.18. The fraction of sp³-hybridized carbons (Fsp3) is 0.818. The highest BCUT2D eigenvalue weighted by Gasteiger charge is 2.45. The molecule has 2 aliphatic heterocycles. The van der Waals surface area contributed by atoms with Crippen LogP contribution in [0, 0.1) is 24.7 Å². The van der Waals surface area contributed by atoms with Crippen LogP contribution in [0.25, 0.3) is 0 Å². The van der Waals surface area contributed by atoms with Crippen LogP contribution in [0.5, 0.6) is 11.5 Å². The van der Waals surface area contributed by atoms with Crippen LogP contribution in [-0.2, 0) is 11.2 Å². The standard InChI is InChI=1S/C33H56O7/c1-21(2)10-7-11-22(3)12-8-13-23(4)14-9-16-33(6)17-15-25-19-26(18-24(5)31(25)40-33)38-32-30(37)29(36)28(35)27(20-34)39-32/h18-19,21-23,27-30,32,34-37H,7-17,20H2,1-6H3/t22-,23-,27?,28-,29?,30?,32-,33-/m1/s1. The maximum atomic E-state index is 10.3. The number of benzene rings is 1. The molecule has 3 unspecified atom stereocenters. The van der Waals surface area contributed by atoms with Gasteiger partial charge in [-0.2, -0.15) is 0 Å². The van der Waals surface area contributed by atoms with E-state index >= 15 is 0 Å². The minimum atomic E-state index is -1.47. The molecule has 3 rings (SSSR count). The Balaban J connectivity index is 1.45. The number of ether oxygens (including phenoxy) is 3. The maximum Gasteiger partial charge on any atom is 0.229 e. The monoisotopic (exact) mass is 564 g/mol. The minimum absolute atomic E-state index is 0.192. The van der Waals surface area contributed by atoms with Gasteiger partial charge >= 0.3 is 0 Å². The maximum absolute atomic E-state index is 10.3. The molecule has 230 valence electrons. The molecule has 0 amide bonds. The van der Waals surface area contributed by atoms with Crippen molar-refractivity contribution in [1.29, 1.82) is 0 Å². The smallest absolute Gasteiger partial charge is 0.229 e. The first-order valence-corrected chi connectivity index (χ1v) is 15.7. The molecule has 1 fully saturated rings. The lowest BCUT2D eigenvalue weighted by Crippen LogP contribution is -2.60. The summed E-state index contributed by atoms with van der Waals surface area (Å²) in [6, 6.07) is 3.74. The van der Waals surface area contributed by atoms with E-state index in [-0.39, 0.29) is 5.60 Å². The zero-order valence-electron chi connectivity index (χ0n) is 25.8. The lowest BCUT2D eigenvalue weighted by molar-refractivity contribution is -0.277. The fourth-order valence-corrected chi connectivity index (χ4v) is 6.18. The summed E-state index contributed by atoms with van der Waals surface area (Å²) in [4.78, 5) is 0. The Labute approximate surface area is 242 Å².